The van der Waals surface area contributed by atoms with E-state index in [1.807, 2.05) is 0 Å². The van der Waals surface area contributed by atoms with Crippen LogP contribution < -0.4 is 0 Å². The van der Waals surface area contributed by atoms with Crippen LogP contribution in [0.2, 0.25) is 0 Å². The van der Waals surface area contributed by atoms with Crippen LogP contribution in [0.5, 0.6) is 0 Å². The molecule has 0 spiro atoms. The molecule has 21 heavy (non-hydrogen) atoms. The topological polar surface area (TPSA) is 61.5 Å². The number of nitrogens with one attached hydrogen (secondary N) is 1. The molecule has 0 aromatic carbocycles. The Morgan fingerprint density at radius 1 is 1.62 bits per heavy atom. The number of nitrogens with zero attached hydrogens (tertiary/aromatic N) is 3. The molecule has 0 aliphatic carbocycles. The van der Waals surface area contributed by atoms with Crippen LogP contribution in [-0.2, 0) is 16.1 Å². The number of ether oxygens (including phenoxy) is 1. The van der Waals surface area contributed by atoms with E-state index in [-0.39, 0.29) is 26.3 Å². The number of hydrogen-bond donors (Lipinski definition) is 1. The molecule has 1 amide bonds. The minimum atomic E-state index is -4.34. The molecule has 118 valence electrons. The molecule has 0 saturated carbocycles. The second-order valence-electron chi connectivity index (χ2n) is 4.91. The fourth-order valence-corrected chi connectivity index (χ4v) is 2.23. The number of hydrogen-bond acceptors (Lipinski definition) is 4. The highest BCUT2D eigenvalue weighted by Gasteiger charge is 2.39. The van der Waals surface area contributed by atoms with Crippen LogP contribution in [0.3, 0.4) is 0 Å². The largest absolute Gasteiger partial charge is 0.401 e. The van der Waals surface area contributed by atoms with Crippen molar-refractivity contribution >= 4 is 5.91 Å². The van der Waals surface area contributed by atoms with Gasteiger partial charge in [0.1, 0.15) is 11.9 Å². The van der Waals surface area contributed by atoms with Gasteiger partial charge in [0.2, 0.25) is 5.91 Å². The summed E-state index contributed by atoms with van der Waals surface area (Å²) in [7, 11) is 1.53. The molecule has 1 unspecified atom stereocenters. The summed E-state index contributed by atoms with van der Waals surface area (Å²) in [6.45, 7) is -0.646. The number of carbonyl (C=O) groups is 1. The van der Waals surface area contributed by atoms with E-state index in [0.29, 0.717) is 5.82 Å². The SMILES string of the molecule is CN(Cc1ncc[nH]1)C(=O)C1COCCN1CC(F)(F)F. The summed E-state index contributed by atoms with van der Waals surface area (Å²) < 4.78 is 42.8. The van der Waals surface area contributed by atoms with E-state index < -0.39 is 24.7 Å². The number of amides is 1. The van der Waals surface area contributed by atoms with Gasteiger partial charge in [0, 0.05) is 26.0 Å². The smallest absolute Gasteiger partial charge is 0.378 e. The van der Waals surface area contributed by atoms with Gasteiger partial charge in [-0.25, -0.2) is 4.98 Å². The van der Waals surface area contributed by atoms with Gasteiger partial charge in [0.15, 0.2) is 0 Å². The van der Waals surface area contributed by atoms with E-state index in [1.54, 1.807) is 12.4 Å². The first-order valence-corrected chi connectivity index (χ1v) is 6.48. The first kappa shape index (κ1) is 15.8. The van der Waals surface area contributed by atoms with Crippen molar-refractivity contribution in [3.8, 4) is 0 Å². The standard InChI is InChI=1S/C12H17F3N4O2/c1-18(6-10-16-2-3-17-10)11(20)9-7-21-5-4-19(9)8-12(13,14)15/h2-3,9H,4-8H2,1H3,(H,16,17). The quantitative estimate of drug-likeness (QED) is 0.886. The van der Waals surface area contributed by atoms with E-state index in [4.69, 9.17) is 4.74 Å². The number of H-pyrrole nitrogens is 1. The van der Waals surface area contributed by atoms with Gasteiger partial charge in [-0.3, -0.25) is 9.69 Å². The summed E-state index contributed by atoms with van der Waals surface area (Å²) in [5.74, 6) is 0.167. The molecule has 1 aliphatic heterocycles. The van der Waals surface area contributed by atoms with Gasteiger partial charge in [0.25, 0.3) is 0 Å². The van der Waals surface area contributed by atoms with Gasteiger partial charge in [0.05, 0.1) is 26.3 Å². The number of likely N-dealkylation sites (N-methyl/N-ethyl adjacent to an activating group) is 1. The van der Waals surface area contributed by atoms with Crippen molar-refractivity contribution in [2.45, 2.75) is 18.8 Å². The Kier molecular flexibility index (Phi) is 4.84. The van der Waals surface area contributed by atoms with Crippen molar-refractivity contribution in [2.75, 3.05) is 33.4 Å². The number of rotatable bonds is 4. The molecular weight excluding hydrogens is 289 g/mol. The molecule has 2 rings (SSSR count). The van der Waals surface area contributed by atoms with Crippen LogP contribution in [0.15, 0.2) is 12.4 Å². The Morgan fingerprint density at radius 2 is 2.38 bits per heavy atom. The number of aromatic nitrogens is 2. The average Bonchev–Trinajstić information content (AvgIpc) is 2.89. The van der Waals surface area contributed by atoms with Gasteiger partial charge in [-0.15, -0.1) is 0 Å². The maximum Gasteiger partial charge on any atom is 0.401 e. The second kappa shape index (κ2) is 6.44. The van der Waals surface area contributed by atoms with E-state index in [0.717, 1.165) is 4.90 Å². The summed E-state index contributed by atoms with van der Waals surface area (Å²) in [6.07, 6.45) is -1.17. The van der Waals surface area contributed by atoms with Gasteiger partial charge in [-0.2, -0.15) is 13.2 Å². The van der Waals surface area contributed by atoms with E-state index in [1.165, 1.54) is 11.9 Å². The van der Waals surface area contributed by atoms with Crippen LogP contribution in [-0.4, -0.2) is 71.2 Å². The van der Waals surface area contributed by atoms with Gasteiger partial charge < -0.3 is 14.6 Å². The molecule has 1 saturated heterocycles. The van der Waals surface area contributed by atoms with Crippen LogP contribution in [0.4, 0.5) is 13.2 Å². The highest BCUT2D eigenvalue weighted by Crippen LogP contribution is 2.20. The lowest BCUT2D eigenvalue weighted by molar-refractivity contribution is -0.170. The third-order valence-corrected chi connectivity index (χ3v) is 3.22. The first-order chi connectivity index (χ1) is 9.87. The zero-order valence-electron chi connectivity index (χ0n) is 11.6. The third kappa shape index (κ3) is 4.43. The number of carbonyl (C=O) groups excluding carboxylic acids is 1. The number of alkyl halides is 3. The predicted octanol–water partition coefficient (Wildman–Crippen LogP) is 0.631. The van der Waals surface area contributed by atoms with Gasteiger partial charge >= 0.3 is 6.18 Å². The maximum absolute atomic E-state index is 12.6. The van der Waals surface area contributed by atoms with Crippen LogP contribution in [0, 0.1) is 0 Å². The molecule has 1 aromatic rings. The van der Waals surface area contributed by atoms with Crippen molar-refractivity contribution in [1.29, 1.82) is 0 Å². The molecular formula is C12H17F3N4O2. The zero-order valence-corrected chi connectivity index (χ0v) is 11.6. The lowest BCUT2D eigenvalue weighted by atomic mass is 10.2. The lowest BCUT2D eigenvalue weighted by Gasteiger charge is -2.36. The molecule has 1 aromatic heterocycles. The number of halogens is 3. The van der Waals surface area contributed by atoms with E-state index >= 15 is 0 Å². The second-order valence-corrected chi connectivity index (χ2v) is 4.91. The number of morpholine rings is 1. The molecule has 1 aliphatic rings. The molecule has 1 N–H and O–H groups in total. The molecule has 9 heteroatoms. The lowest BCUT2D eigenvalue weighted by Crippen LogP contribution is -2.56. The van der Waals surface area contributed by atoms with Crippen molar-refractivity contribution < 1.29 is 22.7 Å². The normalized spacial score (nSPS) is 20.5. The first-order valence-electron chi connectivity index (χ1n) is 6.48. The molecule has 0 bridgehead atoms. The summed E-state index contributed by atoms with van der Waals surface area (Å²) in [6, 6.07) is -0.916. The Morgan fingerprint density at radius 3 is 3.00 bits per heavy atom. The fraction of sp³-hybridized carbons (Fsp3) is 0.667. The van der Waals surface area contributed by atoms with Crippen molar-refractivity contribution in [2.24, 2.45) is 0 Å². The Hall–Kier alpha value is -1.61. The summed E-state index contributed by atoms with van der Waals surface area (Å²) in [5, 5.41) is 0. The number of aromatic amines is 1. The maximum atomic E-state index is 12.6. The Balaban J connectivity index is 2.00. The van der Waals surface area contributed by atoms with Crippen LogP contribution in [0.25, 0.3) is 0 Å². The summed E-state index contributed by atoms with van der Waals surface area (Å²) in [4.78, 5) is 21.6. The van der Waals surface area contributed by atoms with Crippen LogP contribution >= 0.6 is 0 Å². The van der Waals surface area contributed by atoms with Crippen molar-refractivity contribution in [1.82, 2.24) is 19.8 Å². The zero-order chi connectivity index (χ0) is 15.5. The molecule has 1 atom stereocenters. The van der Waals surface area contributed by atoms with Gasteiger partial charge in [-0.05, 0) is 0 Å². The highest BCUT2D eigenvalue weighted by molar-refractivity contribution is 5.81. The third-order valence-electron chi connectivity index (χ3n) is 3.22. The van der Waals surface area contributed by atoms with Crippen molar-refractivity contribution in [3.05, 3.63) is 18.2 Å². The monoisotopic (exact) mass is 306 g/mol. The van der Waals surface area contributed by atoms with Crippen LogP contribution in [0.1, 0.15) is 5.82 Å². The predicted molar refractivity (Wildman–Crippen MR) is 67.3 cm³/mol. The summed E-state index contributed by atoms with van der Waals surface area (Å²) in [5.41, 5.74) is 0. The van der Waals surface area contributed by atoms with E-state index in [9.17, 15) is 18.0 Å². The van der Waals surface area contributed by atoms with E-state index in [2.05, 4.69) is 9.97 Å². The van der Waals surface area contributed by atoms with Gasteiger partial charge in [-0.1, -0.05) is 0 Å². The summed E-state index contributed by atoms with van der Waals surface area (Å²) >= 11 is 0. The number of imidazole rings is 1. The minimum absolute atomic E-state index is 0.0303. The Labute approximate surface area is 119 Å². The highest BCUT2D eigenvalue weighted by atomic mass is 19.4. The van der Waals surface area contributed by atoms with Crippen molar-refractivity contribution in [3.63, 3.8) is 0 Å². The molecule has 1 fully saturated rings. The minimum Gasteiger partial charge on any atom is -0.378 e. The fourth-order valence-electron chi connectivity index (χ4n) is 2.23. The Bertz CT molecular complexity index is 464. The molecule has 0 radical (unpaired) electrons. The molecule has 6 nitrogen and oxygen atoms in total. The molecule has 2 heterocycles. The average molecular weight is 306 g/mol.